The predicted molar refractivity (Wildman–Crippen MR) is 69.7 cm³/mol. The number of nitriles is 1. The zero-order chi connectivity index (χ0) is 11.9. The van der Waals surface area contributed by atoms with Gasteiger partial charge in [-0.25, -0.2) is 0 Å². The van der Waals surface area contributed by atoms with E-state index in [-0.39, 0.29) is 0 Å². The van der Waals surface area contributed by atoms with Gasteiger partial charge in [-0.2, -0.15) is 5.26 Å². The minimum Gasteiger partial charge on any atom is -0.302 e. The van der Waals surface area contributed by atoms with Crippen molar-refractivity contribution in [3.63, 3.8) is 0 Å². The van der Waals surface area contributed by atoms with Gasteiger partial charge in [0.1, 0.15) is 0 Å². The fourth-order valence-corrected chi connectivity index (χ4v) is 3.18. The molecule has 0 aromatic rings. The molecule has 2 rings (SSSR count). The summed E-state index contributed by atoms with van der Waals surface area (Å²) in [6.45, 7) is 5.50. The predicted octanol–water partition coefficient (Wildman–Crippen LogP) is 2.24. The maximum absolute atomic E-state index is 8.88. The first-order valence-corrected chi connectivity index (χ1v) is 7.23. The molecule has 0 radical (unpaired) electrons. The van der Waals surface area contributed by atoms with Gasteiger partial charge in [-0.3, -0.25) is 4.90 Å². The van der Waals surface area contributed by atoms with E-state index in [1.165, 1.54) is 64.6 Å². The number of piperidine rings is 1. The fourth-order valence-electron chi connectivity index (χ4n) is 3.18. The van der Waals surface area contributed by atoms with E-state index in [1.807, 2.05) is 0 Å². The molecule has 0 aromatic heterocycles. The Balaban J connectivity index is 1.84. The molecule has 1 atom stereocenters. The molecular weight excluding hydrogens is 210 g/mol. The molecule has 2 heterocycles. The second-order valence-electron chi connectivity index (χ2n) is 5.49. The van der Waals surface area contributed by atoms with Crippen molar-refractivity contribution in [1.82, 2.24) is 9.80 Å². The summed E-state index contributed by atoms with van der Waals surface area (Å²) in [5.41, 5.74) is 0. The topological polar surface area (TPSA) is 30.3 Å². The average Bonchev–Trinajstić information content (AvgIpc) is 2.61. The minimum absolute atomic E-state index is 0.624. The Morgan fingerprint density at radius 3 is 2.35 bits per heavy atom. The number of likely N-dealkylation sites (tertiary alicyclic amines) is 2. The van der Waals surface area contributed by atoms with Gasteiger partial charge in [-0.05, 0) is 45.3 Å². The highest BCUT2D eigenvalue weighted by molar-refractivity contribution is 4.86. The van der Waals surface area contributed by atoms with Crippen LogP contribution in [0.15, 0.2) is 0 Å². The third-order valence-corrected chi connectivity index (χ3v) is 4.19. The molecule has 96 valence electrons. The van der Waals surface area contributed by atoms with Crippen molar-refractivity contribution in [2.24, 2.45) is 0 Å². The Hall–Kier alpha value is -0.590. The lowest BCUT2D eigenvalue weighted by molar-refractivity contribution is 0.118. The van der Waals surface area contributed by atoms with Crippen molar-refractivity contribution in [3.05, 3.63) is 0 Å². The Labute approximate surface area is 105 Å². The molecule has 2 saturated heterocycles. The minimum atomic E-state index is 0.624. The van der Waals surface area contributed by atoms with Crippen molar-refractivity contribution in [3.8, 4) is 6.07 Å². The molecular formula is C14H25N3. The van der Waals surface area contributed by atoms with E-state index in [4.69, 9.17) is 5.26 Å². The van der Waals surface area contributed by atoms with E-state index in [0.29, 0.717) is 12.6 Å². The standard InChI is InChI=1S/C14H25N3/c15-8-12-17-11-6-3-7-14(17)13-16-9-4-1-2-5-10-16/h14H,1-7,9-13H2. The summed E-state index contributed by atoms with van der Waals surface area (Å²) in [6, 6.07) is 2.96. The van der Waals surface area contributed by atoms with Crippen LogP contribution in [-0.2, 0) is 0 Å². The molecule has 0 N–H and O–H groups in total. The van der Waals surface area contributed by atoms with Crippen LogP contribution >= 0.6 is 0 Å². The largest absolute Gasteiger partial charge is 0.302 e. The molecule has 2 aliphatic rings. The quantitative estimate of drug-likeness (QED) is 0.703. The lowest BCUT2D eigenvalue weighted by Gasteiger charge is -2.37. The Morgan fingerprint density at radius 1 is 0.941 bits per heavy atom. The maximum atomic E-state index is 8.88. The summed E-state index contributed by atoms with van der Waals surface area (Å²) in [5.74, 6) is 0. The summed E-state index contributed by atoms with van der Waals surface area (Å²) in [7, 11) is 0. The molecule has 3 nitrogen and oxygen atoms in total. The van der Waals surface area contributed by atoms with Gasteiger partial charge in [0, 0.05) is 12.6 Å². The van der Waals surface area contributed by atoms with E-state index in [2.05, 4.69) is 15.9 Å². The molecule has 0 aromatic carbocycles. The number of rotatable bonds is 3. The molecule has 1 unspecified atom stereocenters. The second-order valence-corrected chi connectivity index (χ2v) is 5.49. The Bertz CT molecular complexity index is 251. The van der Waals surface area contributed by atoms with Gasteiger partial charge in [0.2, 0.25) is 0 Å². The molecule has 0 saturated carbocycles. The van der Waals surface area contributed by atoms with Crippen LogP contribution in [-0.4, -0.2) is 48.6 Å². The van der Waals surface area contributed by atoms with Crippen molar-refractivity contribution < 1.29 is 0 Å². The second kappa shape index (κ2) is 6.98. The van der Waals surface area contributed by atoms with Crippen molar-refractivity contribution in [2.75, 3.05) is 32.7 Å². The summed E-state index contributed by atoms with van der Waals surface area (Å²) in [4.78, 5) is 5.03. The molecule has 0 aliphatic carbocycles. The normalized spacial score (nSPS) is 28.5. The van der Waals surface area contributed by atoms with Crippen LogP contribution in [0.4, 0.5) is 0 Å². The van der Waals surface area contributed by atoms with Gasteiger partial charge >= 0.3 is 0 Å². The lowest BCUT2D eigenvalue weighted by atomic mass is 10.0. The SMILES string of the molecule is N#CCN1CCCCC1CN1CCCCCC1. The van der Waals surface area contributed by atoms with Gasteiger partial charge in [0.05, 0.1) is 12.6 Å². The van der Waals surface area contributed by atoms with E-state index in [1.54, 1.807) is 0 Å². The monoisotopic (exact) mass is 235 g/mol. The summed E-state index contributed by atoms with van der Waals surface area (Å²) in [5, 5.41) is 8.88. The van der Waals surface area contributed by atoms with Crippen LogP contribution in [0.3, 0.4) is 0 Å². The number of hydrogen-bond donors (Lipinski definition) is 0. The smallest absolute Gasteiger partial charge is 0.0868 e. The van der Waals surface area contributed by atoms with Crippen molar-refractivity contribution in [2.45, 2.75) is 51.0 Å². The molecule has 0 amide bonds. The van der Waals surface area contributed by atoms with Crippen LogP contribution < -0.4 is 0 Å². The van der Waals surface area contributed by atoms with Gasteiger partial charge < -0.3 is 4.90 Å². The zero-order valence-corrected chi connectivity index (χ0v) is 10.9. The van der Waals surface area contributed by atoms with Crippen LogP contribution in [0.1, 0.15) is 44.9 Å². The van der Waals surface area contributed by atoms with Crippen LogP contribution in [0.2, 0.25) is 0 Å². The highest BCUT2D eigenvalue weighted by atomic mass is 15.2. The first-order chi connectivity index (χ1) is 8.40. The van der Waals surface area contributed by atoms with Gasteiger partial charge in [0.15, 0.2) is 0 Å². The van der Waals surface area contributed by atoms with E-state index < -0.39 is 0 Å². The third kappa shape index (κ3) is 3.97. The molecule has 0 bridgehead atoms. The first-order valence-electron chi connectivity index (χ1n) is 7.23. The zero-order valence-electron chi connectivity index (χ0n) is 10.9. The first kappa shape index (κ1) is 12.9. The lowest BCUT2D eigenvalue weighted by Crippen LogP contribution is -2.47. The molecule has 2 fully saturated rings. The third-order valence-electron chi connectivity index (χ3n) is 4.19. The van der Waals surface area contributed by atoms with Crippen molar-refractivity contribution >= 4 is 0 Å². The van der Waals surface area contributed by atoms with Gasteiger partial charge in [-0.15, -0.1) is 0 Å². The molecule has 0 spiro atoms. The summed E-state index contributed by atoms with van der Waals surface area (Å²) >= 11 is 0. The average molecular weight is 235 g/mol. The van der Waals surface area contributed by atoms with Crippen molar-refractivity contribution in [1.29, 1.82) is 5.26 Å². The fraction of sp³-hybridized carbons (Fsp3) is 0.929. The van der Waals surface area contributed by atoms with Crippen LogP contribution in [0.5, 0.6) is 0 Å². The molecule has 2 aliphatic heterocycles. The highest BCUT2D eigenvalue weighted by Gasteiger charge is 2.24. The Morgan fingerprint density at radius 2 is 1.65 bits per heavy atom. The maximum Gasteiger partial charge on any atom is 0.0868 e. The number of hydrogen-bond acceptors (Lipinski definition) is 3. The molecule has 3 heteroatoms. The van der Waals surface area contributed by atoms with E-state index >= 15 is 0 Å². The van der Waals surface area contributed by atoms with Gasteiger partial charge in [0.25, 0.3) is 0 Å². The van der Waals surface area contributed by atoms with Crippen LogP contribution in [0, 0.1) is 11.3 Å². The van der Waals surface area contributed by atoms with E-state index in [0.717, 1.165) is 6.54 Å². The van der Waals surface area contributed by atoms with Gasteiger partial charge in [-0.1, -0.05) is 19.3 Å². The van der Waals surface area contributed by atoms with Crippen LogP contribution in [0.25, 0.3) is 0 Å². The summed E-state index contributed by atoms with van der Waals surface area (Å²) < 4.78 is 0. The highest BCUT2D eigenvalue weighted by Crippen LogP contribution is 2.19. The van der Waals surface area contributed by atoms with E-state index in [9.17, 15) is 0 Å². The number of nitrogens with zero attached hydrogens (tertiary/aromatic N) is 3. The molecule has 17 heavy (non-hydrogen) atoms. The summed E-state index contributed by atoms with van der Waals surface area (Å²) in [6.07, 6.45) is 9.46. The Kier molecular flexibility index (Phi) is 5.28.